The molecule has 0 aromatic heterocycles. The van der Waals surface area contributed by atoms with Gasteiger partial charge in [-0.2, -0.15) is 0 Å². The van der Waals surface area contributed by atoms with E-state index in [1.165, 1.54) is 0 Å². The van der Waals surface area contributed by atoms with Gasteiger partial charge in [0.05, 0.1) is 10.0 Å². The third kappa shape index (κ3) is 3.42. The van der Waals surface area contributed by atoms with Gasteiger partial charge in [-0.3, -0.25) is 4.21 Å². The summed E-state index contributed by atoms with van der Waals surface area (Å²) in [6.07, 6.45) is 2.64. The van der Waals surface area contributed by atoms with Gasteiger partial charge in [-0.05, 0) is 42.9 Å². The number of nitrogens with one attached hydrogen (secondary N) is 1. The zero-order valence-corrected chi connectivity index (χ0v) is 11.3. The van der Waals surface area contributed by atoms with Gasteiger partial charge in [-0.1, -0.05) is 29.3 Å². The standard InChI is InChI=1S/C11H13Cl2NO2S/c12-10-4-2-8(6-11(10)13)7-1-3-9(5-7)14-17(15)16/h2,4,6-7,9,14H,1,3,5H2,(H,15,16)/p-1/t7-,9-/m0/s1. The highest BCUT2D eigenvalue weighted by Gasteiger charge is 2.26. The van der Waals surface area contributed by atoms with Crippen molar-refractivity contribution in [3.63, 3.8) is 0 Å². The lowest BCUT2D eigenvalue weighted by molar-refractivity contribution is 0.501. The van der Waals surface area contributed by atoms with E-state index >= 15 is 0 Å². The Hall–Kier alpha value is -0.130. The highest BCUT2D eigenvalue weighted by atomic mass is 35.5. The third-order valence-corrected chi connectivity index (χ3v) is 4.38. The van der Waals surface area contributed by atoms with Gasteiger partial charge in [0.2, 0.25) is 0 Å². The van der Waals surface area contributed by atoms with Crippen molar-refractivity contribution in [3.05, 3.63) is 33.8 Å². The van der Waals surface area contributed by atoms with Gasteiger partial charge in [0.15, 0.2) is 0 Å². The molecule has 1 aliphatic rings. The van der Waals surface area contributed by atoms with Gasteiger partial charge in [0.1, 0.15) is 0 Å². The van der Waals surface area contributed by atoms with Crippen LogP contribution in [0, 0.1) is 0 Å². The van der Waals surface area contributed by atoms with Crippen LogP contribution in [0.1, 0.15) is 30.7 Å². The number of rotatable bonds is 3. The maximum atomic E-state index is 10.5. The van der Waals surface area contributed by atoms with Crippen LogP contribution in [0.2, 0.25) is 10.0 Å². The predicted molar refractivity (Wildman–Crippen MR) is 68.9 cm³/mol. The van der Waals surface area contributed by atoms with Crippen LogP contribution >= 0.6 is 23.2 Å². The lowest BCUT2D eigenvalue weighted by Gasteiger charge is -2.15. The van der Waals surface area contributed by atoms with Crippen molar-refractivity contribution < 1.29 is 8.76 Å². The number of benzene rings is 1. The SMILES string of the molecule is O=S([O-])N[C@H]1CC[C@H](c2ccc(Cl)c(Cl)c2)C1. The minimum atomic E-state index is -2.18. The second kappa shape index (κ2) is 5.67. The summed E-state index contributed by atoms with van der Waals surface area (Å²) in [6, 6.07) is 5.64. The van der Waals surface area contributed by atoms with Crippen molar-refractivity contribution in [1.82, 2.24) is 4.72 Å². The van der Waals surface area contributed by atoms with E-state index < -0.39 is 11.3 Å². The molecule has 1 aromatic rings. The topological polar surface area (TPSA) is 52.2 Å². The molecule has 94 valence electrons. The van der Waals surface area contributed by atoms with Crippen molar-refractivity contribution in [2.75, 3.05) is 0 Å². The van der Waals surface area contributed by atoms with Crippen LogP contribution in [0.25, 0.3) is 0 Å². The Bertz CT molecular complexity index is 441. The highest BCUT2D eigenvalue weighted by Crippen LogP contribution is 2.36. The molecular formula is C11H12Cl2NO2S-. The molecule has 1 saturated carbocycles. The summed E-state index contributed by atoms with van der Waals surface area (Å²) < 4.78 is 23.6. The van der Waals surface area contributed by atoms with E-state index in [4.69, 9.17) is 23.2 Å². The van der Waals surface area contributed by atoms with Gasteiger partial charge in [0.25, 0.3) is 0 Å². The first kappa shape index (κ1) is 13.3. The molecular weight excluding hydrogens is 281 g/mol. The van der Waals surface area contributed by atoms with Crippen molar-refractivity contribution in [3.8, 4) is 0 Å². The summed E-state index contributed by atoms with van der Waals surface area (Å²) in [5, 5.41) is 1.09. The molecule has 0 saturated heterocycles. The van der Waals surface area contributed by atoms with Gasteiger partial charge < -0.3 is 4.55 Å². The average molecular weight is 293 g/mol. The quantitative estimate of drug-likeness (QED) is 0.871. The summed E-state index contributed by atoms with van der Waals surface area (Å²) in [4.78, 5) is 0. The number of hydrogen-bond donors (Lipinski definition) is 1. The first-order chi connectivity index (χ1) is 8.06. The van der Waals surface area contributed by atoms with Crippen molar-refractivity contribution in [1.29, 1.82) is 0 Å². The lowest BCUT2D eigenvalue weighted by atomic mass is 9.98. The van der Waals surface area contributed by atoms with E-state index in [1.54, 1.807) is 6.07 Å². The Morgan fingerprint density at radius 2 is 2.06 bits per heavy atom. The van der Waals surface area contributed by atoms with Crippen molar-refractivity contribution in [2.45, 2.75) is 31.2 Å². The third-order valence-electron chi connectivity index (χ3n) is 3.11. The lowest BCUT2D eigenvalue weighted by Crippen LogP contribution is -2.27. The normalized spacial score (nSPS) is 26.1. The molecule has 0 heterocycles. The Labute approximate surface area is 113 Å². The van der Waals surface area contributed by atoms with Crippen LogP contribution in [0.3, 0.4) is 0 Å². The fraction of sp³-hybridized carbons (Fsp3) is 0.455. The van der Waals surface area contributed by atoms with Crippen molar-refractivity contribution >= 4 is 34.5 Å². The zero-order chi connectivity index (χ0) is 12.4. The number of hydrogen-bond acceptors (Lipinski definition) is 2. The molecule has 0 bridgehead atoms. The molecule has 3 nitrogen and oxygen atoms in total. The molecule has 17 heavy (non-hydrogen) atoms. The second-order valence-corrected chi connectivity index (χ2v) is 5.75. The molecule has 2 rings (SSSR count). The molecule has 1 unspecified atom stereocenters. The van der Waals surface area contributed by atoms with E-state index in [-0.39, 0.29) is 6.04 Å². The Balaban J connectivity index is 2.04. The first-order valence-electron chi connectivity index (χ1n) is 5.36. The van der Waals surface area contributed by atoms with E-state index in [9.17, 15) is 8.76 Å². The number of halogens is 2. The van der Waals surface area contributed by atoms with Crippen LogP contribution in [-0.4, -0.2) is 14.8 Å². The smallest absolute Gasteiger partial charge is 0.0595 e. The molecule has 1 fully saturated rings. The van der Waals surface area contributed by atoms with Crippen LogP contribution < -0.4 is 4.72 Å². The average Bonchev–Trinajstić information content (AvgIpc) is 2.69. The van der Waals surface area contributed by atoms with Crippen LogP contribution in [0.4, 0.5) is 0 Å². The Kier molecular flexibility index (Phi) is 4.44. The maximum Gasteiger partial charge on any atom is 0.0595 e. The second-order valence-electron chi connectivity index (χ2n) is 4.23. The van der Waals surface area contributed by atoms with Gasteiger partial charge in [-0.15, -0.1) is 0 Å². The Morgan fingerprint density at radius 1 is 1.29 bits per heavy atom. The van der Waals surface area contributed by atoms with Crippen LogP contribution in [0.15, 0.2) is 18.2 Å². The summed E-state index contributed by atoms with van der Waals surface area (Å²) in [7, 11) is 0. The van der Waals surface area contributed by atoms with E-state index in [0.717, 1.165) is 24.8 Å². The zero-order valence-electron chi connectivity index (χ0n) is 8.99. The molecule has 0 radical (unpaired) electrons. The highest BCUT2D eigenvalue weighted by molar-refractivity contribution is 7.77. The fourth-order valence-corrected chi connectivity index (χ4v) is 3.09. The Morgan fingerprint density at radius 3 is 2.71 bits per heavy atom. The molecule has 6 heteroatoms. The summed E-state index contributed by atoms with van der Waals surface area (Å²) >= 11 is 9.64. The molecule has 0 amide bonds. The largest absolute Gasteiger partial charge is 0.760 e. The maximum absolute atomic E-state index is 10.5. The van der Waals surface area contributed by atoms with E-state index in [0.29, 0.717) is 16.0 Å². The summed E-state index contributed by atoms with van der Waals surface area (Å²) in [5.41, 5.74) is 1.13. The minimum absolute atomic E-state index is 0.0350. The minimum Gasteiger partial charge on any atom is -0.760 e. The summed E-state index contributed by atoms with van der Waals surface area (Å²) in [6.45, 7) is 0. The fourth-order valence-electron chi connectivity index (χ4n) is 2.29. The van der Waals surface area contributed by atoms with Gasteiger partial charge >= 0.3 is 0 Å². The predicted octanol–water partition coefficient (Wildman–Crippen LogP) is 3.01. The molecule has 1 aromatic carbocycles. The summed E-state index contributed by atoms with van der Waals surface area (Å²) in [5.74, 6) is 0.353. The monoisotopic (exact) mass is 292 g/mol. The molecule has 0 aliphatic heterocycles. The van der Waals surface area contributed by atoms with E-state index in [2.05, 4.69) is 4.72 Å². The van der Waals surface area contributed by atoms with E-state index in [1.807, 2.05) is 12.1 Å². The van der Waals surface area contributed by atoms with Crippen molar-refractivity contribution in [2.24, 2.45) is 0 Å². The first-order valence-corrected chi connectivity index (χ1v) is 7.19. The van der Waals surface area contributed by atoms with Gasteiger partial charge in [0, 0.05) is 17.3 Å². The molecule has 1 N–H and O–H groups in total. The molecule has 0 spiro atoms. The van der Waals surface area contributed by atoms with Crippen LogP contribution in [-0.2, 0) is 11.3 Å². The molecule has 1 aliphatic carbocycles. The van der Waals surface area contributed by atoms with Gasteiger partial charge in [-0.25, -0.2) is 4.72 Å². The molecule has 3 atom stereocenters. The van der Waals surface area contributed by atoms with Crippen LogP contribution in [0.5, 0.6) is 0 Å².